The van der Waals surface area contributed by atoms with Crippen LogP contribution in [0.5, 0.6) is 0 Å². The van der Waals surface area contributed by atoms with Crippen molar-refractivity contribution in [2.24, 2.45) is 5.84 Å². The van der Waals surface area contributed by atoms with Gasteiger partial charge in [-0.2, -0.15) is 4.98 Å². The molecule has 7 heteroatoms. The zero-order chi connectivity index (χ0) is 13.0. The lowest BCUT2D eigenvalue weighted by molar-refractivity contribution is 1.11. The molecule has 0 saturated carbocycles. The molecule has 0 amide bonds. The summed E-state index contributed by atoms with van der Waals surface area (Å²) in [7, 11) is 0. The zero-order valence-corrected chi connectivity index (χ0v) is 12.0. The first-order chi connectivity index (χ1) is 8.74. The predicted octanol–water partition coefficient (Wildman–Crippen LogP) is 2.99. The van der Waals surface area contributed by atoms with Gasteiger partial charge in [-0.05, 0) is 34.3 Å². The molecule has 0 saturated heterocycles. The van der Waals surface area contributed by atoms with E-state index in [0.29, 0.717) is 11.8 Å². The van der Waals surface area contributed by atoms with Crippen LogP contribution in [0, 0.1) is 0 Å². The number of thioether (sulfide) groups is 1. The first-order valence-electron chi connectivity index (χ1n) is 5.14. The Balaban J connectivity index is 2.33. The lowest BCUT2D eigenvalue weighted by Crippen LogP contribution is -2.11. The van der Waals surface area contributed by atoms with Crippen molar-refractivity contribution in [1.29, 1.82) is 0 Å². The van der Waals surface area contributed by atoms with E-state index in [9.17, 15) is 0 Å². The summed E-state index contributed by atoms with van der Waals surface area (Å²) >= 11 is 5.07. The maximum absolute atomic E-state index is 5.30. The van der Waals surface area contributed by atoms with E-state index in [1.54, 1.807) is 18.0 Å². The summed E-state index contributed by atoms with van der Waals surface area (Å²) in [5.41, 5.74) is 3.41. The average Bonchev–Trinajstić information content (AvgIpc) is 2.42. The number of para-hydroxylation sites is 1. The topological polar surface area (TPSA) is 75.9 Å². The summed E-state index contributed by atoms with van der Waals surface area (Å²) in [6.45, 7) is 0. The van der Waals surface area contributed by atoms with Gasteiger partial charge in [-0.25, -0.2) is 10.8 Å². The van der Waals surface area contributed by atoms with Crippen molar-refractivity contribution in [2.45, 2.75) is 4.90 Å². The molecule has 0 spiro atoms. The Morgan fingerprint density at radius 3 is 2.83 bits per heavy atom. The SMILES string of the molecule is CSc1ccccc1Nc1nc(NN)ncc1Br. The monoisotopic (exact) mass is 325 g/mol. The second kappa shape index (κ2) is 6.03. The second-order valence-corrected chi connectivity index (χ2v) is 5.06. The third-order valence-corrected chi connectivity index (χ3v) is 3.61. The smallest absolute Gasteiger partial charge is 0.239 e. The second-order valence-electron chi connectivity index (χ2n) is 3.36. The normalized spacial score (nSPS) is 10.2. The van der Waals surface area contributed by atoms with Gasteiger partial charge in [0.15, 0.2) is 0 Å². The fourth-order valence-electron chi connectivity index (χ4n) is 1.40. The van der Waals surface area contributed by atoms with Crippen LogP contribution in [-0.4, -0.2) is 16.2 Å². The number of hydrogen-bond acceptors (Lipinski definition) is 6. The maximum atomic E-state index is 5.30. The number of nitrogens with zero attached hydrogens (tertiary/aromatic N) is 2. The molecule has 0 atom stereocenters. The van der Waals surface area contributed by atoms with Gasteiger partial charge in [-0.15, -0.1) is 11.8 Å². The molecule has 1 aromatic carbocycles. The summed E-state index contributed by atoms with van der Waals surface area (Å²) in [4.78, 5) is 9.39. The van der Waals surface area contributed by atoms with Crippen LogP contribution in [0.25, 0.3) is 0 Å². The molecule has 0 unspecified atom stereocenters. The van der Waals surface area contributed by atoms with Crippen LogP contribution in [0.15, 0.2) is 39.8 Å². The Labute approximate surface area is 118 Å². The van der Waals surface area contributed by atoms with Crippen molar-refractivity contribution in [3.05, 3.63) is 34.9 Å². The van der Waals surface area contributed by atoms with Crippen molar-refractivity contribution in [3.63, 3.8) is 0 Å². The van der Waals surface area contributed by atoms with Gasteiger partial charge in [0.2, 0.25) is 5.95 Å². The Hall–Kier alpha value is -1.31. The van der Waals surface area contributed by atoms with Crippen LogP contribution in [0.4, 0.5) is 17.5 Å². The fourth-order valence-corrected chi connectivity index (χ4v) is 2.24. The third kappa shape index (κ3) is 2.92. The van der Waals surface area contributed by atoms with E-state index in [2.05, 4.69) is 36.6 Å². The van der Waals surface area contributed by atoms with E-state index >= 15 is 0 Å². The minimum Gasteiger partial charge on any atom is -0.338 e. The zero-order valence-electron chi connectivity index (χ0n) is 9.64. The van der Waals surface area contributed by atoms with Crippen LogP contribution in [0.1, 0.15) is 0 Å². The van der Waals surface area contributed by atoms with E-state index in [0.717, 1.165) is 15.1 Å². The number of hydrazine groups is 1. The highest BCUT2D eigenvalue weighted by atomic mass is 79.9. The summed E-state index contributed by atoms with van der Waals surface area (Å²) in [6.07, 6.45) is 3.68. The highest BCUT2D eigenvalue weighted by Gasteiger charge is 2.07. The number of benzene rings is 1. The first-order valence-corrected chi connectivity index (χ1v) is 7.15. The quantitative estimate of drug-likeness (QED) is 0.456. The molecule has 0 fully saturated rings. The molecule has 0 aliphatic heterocycles. The molecular formula is C11H12BrN5S. The van der Waals surface area contributed by atoms with Gasteiger partial charge in [0.1, 0.15) is 5.82 Å². The summed E-state index contributed by atoms with van der Waals surface area (Å²) in [5.74, 6) is 6.33. The molecule has 1 aromatic heterocycles. The molecule has 0 bridgehead atoms. The van der Waals surface area contributed by atoms with Gasteiger partial charge in [0.05, 0.1) is 10.2 Å². The number of hydrogen-bond donors (Lipinski definition) is 3. The number of halogens is 1. The van der Waals surface area contributed by atoms with Crippen molar-refractivity contribution < 1.29 is 0 Å². The molecular weight excluding hydrogens is 314 g/mol. The van der Waals surface area contributed by atoms with Crippen LogP contribution < -0.4 is 16.6 Å². The lowest BCUT2D eigenvalue weighted by atomic mass is 10.3. The fraction of sp³-hybridized carbons (Fsp3) is 0.0909. The highest BCUT2D eigenvalue weighted by Crippen LogP contribution is 2.30. The average molecular weight is 326 g/mol. The highest BCUT2D eigenvalue weighted by molar-refractivity contribution is 9.10. The van der Waals surface area contributed by atoms with E-state index in [1.807, 2.05) is 30.5 Å². The van der Waals surface area contributed by atoms with E-state index in [1.165, 1.54) is 0 Å². The molecule has 1 heterocycles. The van der Waals surface area contributed by atoms with E-state index in [4.69, 9.17) is 5.84 Å². The molecule has 2 aromatic rings. The number of anilines is 3. The Morgan fingerprint density at radius 2 is 2.11 bits per heavy atom. The van der Waals surface area contributed by atoms with Crippen molar-refractivity contribution in [3.8, 4) is 0 Å². The maximum Gasteiger partial charge on any atom is 0.239 e. The standard InChI is InChI=1S/C11H12BrN5S/c1-18-9-5-3-2-4-8(9)15-10-7(12)6-14-11(16-10)17-13/h2-6H,13H2,1H3,(H2,14,15,16,17). The summed E-state index contributed by atoms with van der Waals surface area (Å²) < 4.78 is 0.775. The molecule has 2 rings (SSSR count). The Morgan fingerprint density at radius 1 is 1.33 bits per heavy atom. The molecule has 4 N–H and O–H groups in total. The van der Waals surface area contributed by atoms with Crippen LogP contribution in [-0.2, 0) is 0 Å². The first kappa shape index (κ1) is 13.1. The molecule has 0 aliphatic rings. The third-order valence-electron chi connectivity index (χ3n) is 2.23. The summed E-state index contributed by atoms with van der Waals surface area (Å²) in [6, 6.07) is 8.01. The predicted molar refractivity (Wildman–Crippen MR) is 79.0 cm³/mol. The van der Waals surface area contributed by atoms with Crippen LogP contribution in [0.3, 0.4) is 0 Å². The Kier molecular flexibility index (Phi) is 4.40. The van der Waals surface area contributed by atoms with Gasteiger partial charge in [0, 0.05) is 11.1 Å². The van der Waals surface area contributed by atoms with Crippen LogP contribution >= 0.6 is 27.7 Å². The van der Waals surface area contributed by atoms with Crippen molar-refractivity contribution in [1.82, 2.24) is 9.97 Å². The van der Waals surface area contributed by atoms with Gasteiger partial charge in [0.25, 0.3) is 0 Å². The number of nitrogens with two attached hydrogens (primary N) is 1. The van der Waals surface area contributed by atoms with Crippen LogP contribution in [0.2, 0.25) is 0 Å². The number of aromatic nitrogens is 2. The Bertz CT molecular complexity index is 549. The van der Waals surface area contributed by atoms with Gasteiger partial charge in [-0.3, -0.25) is 5.43 Å². The van der Waals surface area contributed by atoms with Gasteiger partial charge in [-0.1, -0.05) is 12.1 Å². The molecule has 18 heavy (non-hydrogen) atoms. The van der Waals surface area contributed by atoms with E-state index in [-0.39, 0.29) is 0 Å². The molecule has 0 aliphatic carbocycles. The minimum absolute atomic E-state index is 0.363. The van der Waals surface area contributed by atoms with Gasteiger partial charge < -0.3 is 5.32 Å². The summed E-state index contributed by atoms with van der Waals surface area (Å²) in [5, 5.41) is 3.25. The van der Waals surface area contributed by atoms with Crippen molar-refractivity contribution >= 4 is 45.1 Å². The lowest BCUT2D eigenvalue weighted by Gasteiger charge is -2.11. The number of nitrogen functional groups attached to an aromatic ring is 1. The number of rotatable bonds is 4. The minimum atomic E-state index is 0.363. The largest absolute Gasteiger partial charge is 0.338 e. The van der Waals surface area contributed by atoms with E-state index < -0.39 is 0 Å². The molecule has 94 valence electrons. The molecule has 0 radical (unpaired) electrons. The molecule has 5 nitrogen and oxygen atoms in total. The van der Waals surface area contributed by atoms with Crippen molar-refractivity contribution in [2.75, 3.05) is 17.0 Å². The van der Waals surface area contributed by atoms with Gasteiger partial charge >= 0.3 is 0 Å². The number of nitrogens with one attached hydrogen (secondary N) is 2.